The number of aliphatic hydroxyl groups excluding tert-OH is 2. The molecule has 0 aromatic heterocycles. The van der Waals surface area contributed by atoms with Gasteiger partial charge >= 0.3 is 5.97 Å². The molecule has 234 valence electrons. The van der Waals surface area contributed by atoms with Crippen molar-refractivity contribution in [3.05, 3.63) is 0 Å². The summed E-state index contributed by atoms with van der Waals surface area (Å²) in [6.45, 7) is 18.4. The lowest BCUT2D eigenvalue weighted by Crippen LogP contribution is -2.77. The lowest BCUT2D eigenvalue weighted by molar-refractivity contribution is -0.384. The van der Waals surface area contributed by atoms with Crippen LogP contribution in [0.3, 0.4) is 0 Å². The minimum absolute atomic E-state index is 0.0320. The summed E-state index contributed by atoms with van der Waals surface area (Å²) in [5, 5.41) is 18.7. The maximum atomic E-state index is 13.0. The van der Waals surface area contributed by atoms with Gasteiger partial charge in [0, 0.05) is 24.4 Å². The van der Waals surface area contributed by atoms with Crippen LogP contribution in [0.25, 0.3) is 0 Å². The van der Waals surface area contributed by atoms with Crippen molar-refractivity contribution in [1.29, 1.82) is 0 Å². The van der Waals surface area contributed by atoms with Crippen molar-refractivity contribution in [2.75, 3.05) is 32.8 Å². The number of hydrogen-bond donors (Lipinski definition) is 2. The summed E-state index contributed by atoms with van der Waals surface area (Å²) in [4.78, 5) is 14.8. The van der Waals surface area contributed by atoms with E-state index >= 15 is 0 Å². The Hall–Kier alpha value is -0.690. The maximum Gasteiger partial charge on any atom is 0.320 e. The van der Waals surface area contributed by atoms with Crippen molar-refractivity contribution in [2.45, 2.75) is 130 Å². The fourth-order valence-electron chi connectivity index (χ4n) is 12.7. The van der Waals surface area contributed by atoms with Gasteiger partial charge in [0.1, 0.15) is 6.10 Å². The van der Waals surface area contributed by atoms with Crippen molar-refractivity contribution in [1.82, 2.24) is 4.90 Å². The number of nitrogens with zero attached hydrogens (tertiary/aromatic N) is 1. The van der Waals surface area contributed by atoms with E-state index in [-0.39, 0.29) is 48.3 Å². The molecule has 2 saturated heterocycles. The molecule has 2 heterocycles. The third-order valence-electron chi connectivity index (χ3n) is 15.1. The number of esters is 1. The molecular weight excluding hydrogens is 514 g/mol. The molecule has 0 aromatic rings. The molecule has 7 fully saturated rings. The van der Waals surface area contributed by atoms with Crippen LogP contribution in [0, 0.1) is 50.7 Å². The second-order valence-corrected chi connectivity index (χ2v) is 17.3. The lowest BCUT2D eigenvalue weighted by Gasteiger charge is -2.77. The van der Waals surface area contributed by atoms with Crippen LogP contribution in [0.5, 0.6) is 0 Å². The Kier molecular flexibility index (Phi) is 7.33. The Morgan fingerprint density at radius 2 is 1.49 bits per heavy atom. The number of ether oxygens (including phenoxy) is 2. The van der Waals surface area contributed by atoms with E-state index in [0.717, 1.165) is 24.7 Å². The van der Waals surface area contributed by atoms with Crippen molar-refractivity contribution < 1.29 is 24.5 Å². The molecule has 0 amide bonds. The van der Waals surface area contributed by atoms with Crippen LogP contribution >= 0.6 is 0 Å². The highest BCUT2D eigenvalue weighted by Crippen LogP contribution is 2.78. The van der Waals surface area contributed by atoms with Crippen LogP contribution in [-0.2, 0) is 14.3 Å². The van der Waals surface area contributed by atoms with Crippen LogP contribution in [0.4, 0.5) is 0 Å². The van der Waals surface area contributed by atoms with Crippen LogP contribution in [-0.4, -0.2) is 71.7 Å². The molecule has 0 unspecified atom stereocenters. The van der Waals surface area contributed by atoms with Gasteiger partial charge in [0.15, 0.2) is 0 Å². The molecule has 2 bridgehead atoms. The molecule has 7 rings (SSSR count). The smallest absolute Gasteiger partial charge is 0.320 e. The van der Waals surface area contributed by atoms with Crippen molar-refractivity contribution in [3.63, 3.8) is 0 Å². The Bertz CT molecular complexity index is 1020. The van der Waals surface area contributed by atoms with Gasteiger partial charge < -0.3 is 19.7 Å². The van der Waals surface area contributed by atoms with Gasteiger partial charge in [-0.1, -0.05) is 48.5 Å². The molecule has 0 aromatic carbocycles. The van der Waals surface area contributed by atoms with Crippen LogP contribution in [0.15, 0.2) is 0 Å². The summed E-state index contributed by atoms with van der Waals surface area (Å²) in [6, 6.07) is 0. The summed E-state index contributed by atoms with van der Waals surface area (Å²) in [6.07, 6.45) is 12.8. The van der Waals surface area contributed by atoms with Gasteiger partial charge in [-0.25, -0.2) is 0 Å². The molecule has 1 spiro atoms. The average Bonchev–Trinajstić information content (AvgIpc) is 2.87. The highest BCUT2D eigenvalue weighted by atomic mass is 16.5. The highest BCUT2D eigenvalue weighted by molar-refractivity contribution is 5.72. The van der Waals surface area contributed by atoms with E-state index < -0.39 is 0 Å². The SMILES string of the molecule is CC1(C)CC[C@]23CC[C@]4(C)[C@H](CC[C@@H]5[C@@]6(C)CC[C@H](OC(=O)CN(CCO)CCO)C(C)(C)[C@@H]6CC[C@]54C)[C@H]2[C@@H]1O3. The second-order valence-electron chi connectivity index (χ2n) is 17.3. The van der Waals surface area contributed by atoms with Gasteiger partial charge in [-0.2, -0.15) is 0 Å². The lowest BCUT2D eigenvalue weighted by atomic mass is 9.31. The molecule has 7 aliphatic rings. The zero-order valence-electron chi connectivity index (χ0n) is 27.1. The molecule has 2 N–H and O–H groups in total. The van der Waals surface area contributed by atoms with E-state index in [1.807, 2.05) is 0 Å². The summed E-state index contributed by atoms with van der Waals surface area (Å²) in [7, 11) is 0. The van der Waals surface area contributed by atoms with Gasteiger partial charge in [0.05, 0.1) is 31.5 Å². The highest BCUT2D eigenvalue weighted by Gasteiger charge is 2.75. The predicted octanol–water partition coefficient (Wildman–Crippen LogP) is 5.83. The minimum Gasteiger partial charge on any atom is -0.461 e. The number of carbonyl (C=O) groups is 1. The Labute approximate surface area is 249 Å². The summed E-state index contributed by atoms with van der Waals surface area (Å²) in [5.41, 5.74) is 1.37. The minimum atomic E-state index is -0.227. The van der Waals surface area contributed by atoms with E-state index in [2.05, 4.69) is 48.5 Å². The molecule has 10 atom stereocenters. The van der Waals surface area contributed by atoms with E-state index in [1.165, 1.54) is 51.4 Å². The Balaban J connectivity index is 1.21. The van der Waals surface area contributed by atoms with Gasteiger partial charge in [-0.15, -0.1) is 0 Å². The first-order chi connectivity index (χ1) is 19.2. The van der Waals surface area contributed by atoms with E-state index in [0.29, 0.717) is 47.3 Å². The molecule has 0 radical (unpaired) electrons. The van der Waals surface area contributed by atoms with E-state index in [4.69, 9.17) is 9.47 Å². The normalized spacial score (nSPS) is 49.1. The van der Waals surface area contributed by atoms with Gasteiger partial charge in [-0.3, -0.25) is 9.69 Å². The molecule has 5 aliphatic carbocycles. The largest absolute Gasteiger partial charge is 0.461 e. The van der Waals surface area contributed by atoms with Crippen molar-refractivity contribution >= 4 is 5.97 Å². The predicted molar refractivity (Wildman–Crippen MR) is 160 cm³/mol. The third kappa shape index (κ3) is 4.19. The first-order valence-corrected chi connectivity index (χ1v) is 17.0. The van der Waals surface area contributed by atoms with Crippen LogP contribution in [0.1, 0.15) is 113 Å². The van der Waals surface area contributed by atoms with Crippen LogP contribution in [0.2, 0.25) is 0 Å². The van der Waals surface area contributed by atoms with Gasteiger partial charge in [0.25, 0.3) is 0 Å². The van der Waals surface area contributed by atoms with Gasteiger partial charge in [0.2, 0.25) is 0 Å². The number of fused-ring (bicyclic) bond motifs is 7. The summed E-state index contributed by atoms with van der Waals surface area (Å²) < 4.78 is 13.0. The van der Waals surface area contributed by atoms with Gasteiger partial charge in [-0.05, 0) is 104 Å². The van der Waals surface area contributed by atoms with E-state index in [9.17, 15) is 15.0 Å². The molecule has 2 aliphatic heterocycles. The third-order valence-corrected chi connectivity index (χ3v) is 15.1. The zero-order chi connectivity index (χ0) is 29.6. The maximum absolute atomic E-state index is 13.0. The topological polar surface area (TPSA) is 79.2 Å². The zero-order valence-corrected chi connectivity index (χ0v) is 27.1. The molecule has 41 heavy (non-hydrogen) atoms. The monoisotopic (exact) mass is 573 g/mol. The second kappa shape index (κ2) is 9.91. The summed E-state index contributed by atoms with van der Waals surface area (Å²) in [5.74, 6) is 2.54. The Morgan fingerprint density at radius 3 is 2.15 bits per heavy atom. The number of hydrogen-bond acceptors (Lipinski definition) is 6. The number of carbonyl (C=O) groups excluding carboxylic acids is 1. The fourth-order valence-corrected chi connectivity index (χ4v) is 12.7. The molecule has 6 heteroatoms. The quantitative estimate of drug-likeness (QED) is 0.373. The molecule has 5 saturated carbocycles. The Morgan fingerprint density at radius 1 is 0.805 bits per heavy atom. The standard InChI is InChI=1S/C35H59NO5/c1-30(2)14-16-35-17-15-33(6)23(28(35)29(30)41-35)8-9-25-32(5)12-11-26(31(3,4)24(32)10-13-34(25,33)7)40-27(39)22-36(18-20-37)19-21-38/h23-26,28-29,37-38H,8-22H2,1-7H3/t23-,24+,25-,26+,28+,29+,32+,33-,34-,35+/m1/s1. The fraction of sp³-hybridized carbons (Fsp3) is 0.971. The molecule has 6 nitrogen and oxygen atoms in total. The van der Waals surface area contributed by atoms with Crippen molar-refractivity contribution in [2.24, 2.45) is 50.7 Å². The number of aliphatic hydroxyl groups is 2. The molecular formula is C35H59NO5. The first kappa shape index (κ1) is 30.3. The van der Waals surface area contributed by atoms with Crippen LogP contribution < -0.4 is 0 Å². The van der Waals surface area contributed by atoms with E-state index in [1.54, 1.807) is 4.90 Å². The van der Waals surface area contributed by atoms with Crippen molar-refractivity contribution in [3.8, 4) is 0 Å². The first-order valence-electron chi connectivity index (χ1n) is 17.0. The summed E-state index contributed by atoms with van der Waals surface area (Å²) >= 11 is 0. The average molecular weight is 574 g/mol. The number of rotatable bonds is 7.